The first-order valence-electron chi connectivity index (χ1n) is 4.81. The molecule has 0 bridgehead atoms. The van der Waals surface area contributed by atoms with Gasteiger partial charge in [-0.15, -0.1) is 0 Å². The fourth-order valence-corrected chi connectivity index (χ4v) is 1.12. The summed E-state index contributed by atoms with van der Waals surface area (Å²) in [7, 11) is 3.61. The van der Waals surface area contributed by atoms with Crippen molar-refractivity contribution in [1.29, 1.82) is 0 Å². The van der Waals surface area contributed by atoms with E-state index in [1.165, 1.54) is 5.56 Å². The van der Waals surface area contributed by atoms with E-state index in [0.29, 0.717) is 5.56 Å². The highest BCUT2D eigenvalue weighted by Crippen LogP contribution is 2.09. The first-order valence-corrected chi connectivity index (χ1v) is 4.81. The van der Waals surface area contributed by atoms with Gasteiger partial charge in [-0.2, -0.15) is 0 Å². The van der Waals surface area contributed by atoms with E-state index in [2.05, 4.69) is 12.0 Å². The lowest BCUT2D eigenvalue weighted by atomic mass is 10.0. The van der Waals surface area contributed by atoms with Crippen LogP contribution in [0.1, 0.15) is 21.5 Å². The number of Topliss-reactive ketones (excluding diaryl/α,β-unsaturated/α-hetero) is 1. The van der Waals surface area contributed by atoms with Crippen molar-refractivity contribution < 1.29 is 4.79 Å². The maximum absolute atomic E-state index is 11.6. The molecule has 0 aliphatic rings. The number of carbonyl (C=O) groups excluding carboxylic acids is 1. The predicted molar refractivity (Wildman–Crippen MR) is 61.7 cm³/mol. The molecule has 2 nitrogen and oxygen atoms in total. The van der Waals surface area contributed by atoms with Gasteiger partial charge in [0.1, 0.15) is 0 Å². The molecule has 0 saturated carbocycles. The van der Waals surface area contributed by atoms with E-state index in [9.17, 15) is 4.79 Å². The molecule has 0 heterocycles. The van der Waals surface area contributed by atoms with E-state index in [-0.39, 0.29) is 5.78 Å². The average Bonchev–Trinajstić information content (AvgIpc) is 2.18. The molecule has 1 rings (SSSR count). The number of benzene rings is 1. The van der Waals surface area contributed by atoms with Gasteiger partial charge >= 0.3 is 0 Å². The Balaban J connectivity index is 2.94. The smallest absolute Gasteiger partial charge is 0.237 e. The third-order valence-corrected chi connectivity index (χ3v) is 2.16. The minimum absolute atomic E-state index is 0.133. The Morgan fingerprint density at radius 2 is 1.87 bits per heavy atom. The molecule has 0 N–H and O–H groups in total. The molecule has 0 saturated heterocycles. The lowest BCUT2D eigenvalue weighted by Crippen LogP contribution is -2.04. The van der Waals surface area contributed by atoms with Gasteiger partial charge in [-0.05, 0) is 37.0 Å². The Kier molecular flexibility index (Phi) is 3.51. The predicted octanol–water partition coefficient (Wildman–Crippen LogP) is 2.01. The topological polar surface area (TPSA) is 20.3 Å². The van der Waals surface area contributed by atoms with Crippen LogP contribution in [-0.4, -0.2) is 24.8 Å². The number of rotatable bonds is 1. The van der Waals surface area contributed by atoms with Crippen molar-refractivity contribution in [1.82, 2.24) is 4.90 Å². The minimum atomic E-state index is -0.133. The maximum atomic E-state index is 11.6. The first-order chi connectivity index (χ1) is 7.00. The van der Waals surface area contributed by atoms with Gasteiger partial charge in [0.2, 0.25) is 5.78 Å². The molecule has 1 aromatic carbocycles. The molecule has 2 heteroatoms. The third-order valence-electron chi connectivity index (χ3n) is 2.16. The monoisotopic (exact) mass is 201 g/mol. The van der Waals surface area contributed by atoms with Crippen LogP contribution in [0, 0.1) is 25.8 Å². The van der Waals surface area contributed by atoms with Crippen LogP contribution < -0.4 is 0 Å². The summed E-state index contributed by atoms with van der Waals surface area (Å²) < 4.78 is 0. The summed E-state index contributed by atoms with van der Waals surface area (Å²) in [6.07, 6.45) is 0. The van der Waals surface area contributed by atoms with Gasteiger partial charge in [0.05, 0.1) is 0 Å². The van der Waals surface area contributed by atoms with Crippen molar-refractivity contribution >= 4 is 5.78 Å². The highest BCUT2D eigenvalue weighted by Gasteiger charge is 2.03. The lowest BCUT2D eigenvalue weighted by Gasteiger charge is -2.01. The zero-order chi connectivity index (χ0) is 11.4. The molecular weight excluding hydrogens is 186 g/mol. The van der Waals surface area contributed by atoms with Crippen LogP contribution in [0.15, 0.2) is 18.2 Å². The Labute approximate surface area is 90.9 Å². The van der Waals surface area contributed by atoms with Gasteiger partial charge in [0, 0.05) is 25.7 Å². The van der Waals surface area contributed by atoms with E-state index in [0.717, 1.165) is 5.56 Å². The van der Waals surface area contributed by atoms with Crippen LogP contribution in [0.4, 0.5) is 0 Å². The van der Waals surface area contributed by atoms with Crippen LogP contribution in [0.5, 0.6) is 0 Å². The molecule has 78 valence electrons. The van der Waals surface area contributed by atoms with Crippen LogP contribution >= 0.6 is 0 Å². The van der Waals surface area contributed by atoms with Crippen LogP contribution in [0.25, 0.3) is 0 Å². The second kappa shape index (κ2) is 4.65. The molecular formula is C13H15NO. The molecule has 15 heavy (non-hydrogen) atoms. The second-order valence-electron chi connectivity index (χ2n) is 3.76. The van der Waals surface area contributed by atoms with Crippen LogP contribution in [0.2, 0.25) is 0 Å². The van der Waals surface area contributed by atoms with Crippen LogP contribution in [-0.2, 0) is 0 Å². The zero-order valence-corrected chi connectivity index (χ0v) is 9.59. The highest BCUT2D eigenvalue weighted by molar-refractivity contribution is 6.09. The zero-order valence-electron chi connectivity index (χ0n) is 9.59. The number of nitrogens with zero attached hydrogens (tertiary/aromatic N) is 1. The summed E-state index contributed by atoms with van der Waals surface area (Å²) in [5, 5.41) is 0. The molecule has 0 fully saturated rings. The Morgan fingerprint density at radius 3 is 2.40 bits per heavy atom. The molecule has 1 aromatic rings. The molecule has 0 amide bonds. The Hall–Kier alpha value is -1.75. The van der Waals surface area contributed by atoms with Gasteiger partial charge in [-0.25, -0.2) is 0 Å². The first kappa shape index (κ1) is 11.3. The normalized spacial score (nSPS) is 9.07. The van der Waals surface area contributed by atoms with Gasteiger partial charge in [-0.3, -0.25) is 4.79 Å². The molecule has 0 aliphatic carbocycles. The van der Waals surface area contributed by atoms with Crippen molar-refractivity contribution in [3.63, 3.8) is 0 Å². The number of carbonyl (C=O) groups is 1. The van der Waals surface area contributed by atoms with Gasteiger partial charge < -0.3 is 4.90 Å². The summed E-state index contributed by atoms with van der Waals surface area (Å²) >= 11 is 0. The highest BCUT2D eigenvalue weighted by atomic mass is 16.1. The molecule has 0 radical (unpaired) electrons. The van der Waals surface area contributed by atoms with E-state index in [4.69, 9.17) is 0 Å². The number of hydrogen-bond acceptors (Lipinski definition) is 2. The number of ketones is 1. The van der Waals surface area contributed by atoms with Crippen LogP contribution in [0.3, 0.4) is 0 Å². The van der Waals surface area contributed by atoms with E-state index in [1.54, 1.807) is 19.0 Å². The number of hydrogen-bond donors (Lipinski definition) is 0. The molecule has 0 unspecified atom stereocenters. The molecule has 0 aromatic heterocycles. The van der Waals surface area contributed by atoms with Crippen molar-refractivity contribution in [3.8, 4) is 12.0 Å². The third kappa shape index (κ3) is 3.14. The van der Waals surface area contributed by atoms with Gasteiger partial charge in [-0.1, -0.05) is 12.1 Å². The van der Waals surface area contributed by atoms with Crippen molar-refractivity contribution in [2.75, 3.05) is 14.1 Å². The summed E-state index contributed by atoms with van der Waals surface area (Å²) in [6.45, 7) is 4.01. The number of aryl methyl sites for hydroxylation is 2. The maximum Gasteiger partial charge on any atom is 0.237 e. The summed E-state index contributed by atoms with van der Waals surface area (Å²) in [5.41, 5.74) is 2.96. The fourth-order valence-electron chi connectivity index (χ4n) is 1.12. The van der Waals surface area contributed by atoms with Crippen molar-refractivity contribution in [3.05, 3.63) is 34.9 Å². The lowest BCUT2D eigenvalue weighted by molar-refractivity contribution is 0.105. The summed E-state index contributed by atoms with van der Waals surface area (Å²) in [6, 6.07) is 8.35. The van der Waals surface area contributed by atoms with E-state index in [1.807, 2.05) is 32.0 Å². The average molecular weight is 201 g/mol. The Morgan fingerprint density at radius 1 is 1.20 bits per heavy atom. The minimum Gasteiger partial charge on any atom is -0.338 e. The van der Waals surface area contributed by atoms with Crippen molar-refractivity contribution in [2.24, 2.45) is 0 Å². The standard InChI is InChI=1S/C13H15NO/c1-10-5-6-12(9-11(10)2)13(15)7-8-14(3)4/h5-6,9H,1-4H3. The molecule has 0 aliphatic heterocycles. The van der Waals surface area contributed by atoms with Gasteiger partial charge in [0.15, 0.2) is 0 Å². The van der Waals surface area contributed by atoms with E-state index < -0.39 is 0 Å². The fraction of sp³-hybridized carbons (Fsp3) is 0.308. The second-order valence-corrected chi connectivity index (χ2v) is 3.76. The summed E-state index contributed by atoms with van der Waals surface area (Å²) in [5.74, 6) is 2.45. The SMILES string of the molecule is Cc1ccc(C(=O)C#CN(C)C)cc1C. The van der Waals surface area contributed by atoms with E-state index >= 15 is 0 Å². The summed E-state index contributed by atoms with van der Waals surface area (Å²) in [4.78, 5) is 13.3. The Bertz CT molecular complexity index is 436. The quantitative estimate of drug-likeness (QED) is 0.393. The van der Waals surface area contributed by atoms with Gasteiger partial charge in [0.25, 0.3) is 0 Å². The molecule has 0 spiro atoms. The molecule has 0 atom stereocenters. The largest absolute Gasteiger partial charge is 0.338 e. The van der Waals surface area contributed by atoms with Crippen molar-refractivity contribution in [2.45, 2.75) is 13.8 Å².